The summed E-state index contributed by atoms with van der Waals surface area (Å²) in [6, 6.07) is 17.7. The van der Waals surface area contributed by atoms with E-state index < -0.39 is 28.4 Å². The smallest absolute Gasteiger partial charge is 0.233 e. The highest BCUT2D eigenvalue weighted by molar-refractivity contribution is 6.76. The number of benzene rings is 3. The summed E-state index contributed by atoms with van der Waals surface area (Å²) in [4.78, 5) is 15.5. The van der Waals surface area contributed by atoms with Crippen molar-refractivity contribution in [1.29, 1.82) is 0 Å². The summed E-state index contributed by atoms with van der Waals surface area (Å²) in [5.74, 6) is -0.768. The fourth-order valence-corrected chi connectivity index (χ4v) is 7.42. The van der Waals surface area contributed by atoms with Crippen LogP contribution in [0.1, 0.15) is 56.9 Å². The highest BCUT2D eigenvalue weighted by Gasteiger charge is 2.50. The second kappa shape index (κ2) is 14.4. The summed E-state index contributed by atoms with van der Waals surface area (Å²) in [7, 11) is -3.51. The number of rotatable bonds is 14. The molecule has 3 unspecified atom stereocenters. The predicted molar refractivity (Wildman–Crippen MR) is 184 cm³/mol. The van der Waals surface area contributed by atoms with Gasteiger partial charge in [-0.3, -0.25) is 4.79 Å². The predicted octanol–water partition coefficient (Wildman–Crippen LogP) is 9.61. The third kappa shape index (κ3) is 8.84. The number of aromatic hydroxyl groups is 1. The third-order valence-corrected chi connectivity index (χ3v) is 15.3. The summed E-state index contributed by atoms with van der Waals surface area (Å²) < 4.78 is 46.5. The number of hydrogen-bond donors (Lipinski definition) is 1. The Morgan fingerprint density at radius 1 is 0.913 bits per heavy atom. The number of halogens is 2. The largest absolute Gasteiger partial charge is 0.508 e. The van der Waals surface area contributed by atoms with Gasteiger partial charge in [-0.05, 0) is 91.1 Å². The van der Waals surface area contributed by atoms with Crippen molar-refractivity contribution < 1.29 is 32.6 Å². The number of nitrogens with zero attached hydrogens (tertiary/aromatic N) is 1. The molecule has 0 aromatic heterocycles. The number of amides is 1. The van der Waals surface area contributed by atoms with E-state index in [1.807, 2.05) is 0 Å². The lowest BCUT2D eigenvalue weighted by Crippen LogP contribution is -2.55. The van der Waals surface area contributed by atoms with E-state index in [9.17, 15) is 18.7 Å². The average molecular weight is 670 g/mol. The van der Waals surface area contributed by atoms with Gasteiger partial charge in [-0.25, -0.2) is 8.78 Å². The molecule has 1 N–H and O–H groups in total. The maximum Gasteiger partial charge on any atom is 0.233 e. The number of phenolic OH excluding ortho intramolecular Hbond substituents is 1. The lowest BCUT2D eigenvalue weighted by atomic mass is 9.78. The molecular formula is C36H49F2NO5Si2. The van der Waals surface area contributed by atoms with Crippen molar-refractivity contribution in [3.05, 3.63) is 89.5 Å². The number of ether oxygens (including phenoxy) is 2. The van der Waals surface area contributed by atoms with Gasteiger partial charge in [0.2, 0.25) is 5.91 Å². The molecule has 250 valence electrons. The van der Waals surface area contributed by atoms with Crippen molar-refractivity contribution in [3.63, 3.8) is 0 Å². The van der Waals surface area contributed by atoms with Crippen LogP contribution in [0.15, 0.2) is 66.7 Å². The van der Waals surface area contributed by atoms with E-state index >= 15 is 0 Å². The number of carbonyl (C=O) groups excluding carboxylic acids is 1. The van der Waals surface area contributed by atoms with E-state index in [1.165, 1.54) is 24.3 Å². The quantitative estimate of drug-likeness (QED) is 0.0802. The van der Waals surface area contributed by atoms with Gasteiger partial charge in [0.25, 0.3) is 0 Å². The van der Waals surface area contributed by atoms with Gasteiger partial charge in [-0.15, -0.1) is 0 Å². The molecule has 3 aromatic rings. The van der Waals surface area contributed by atoms with E-state index in [0.29, 0.717) is 30.9 Å². The van der Waals surface area contributed by atoms with Crippen LogP contribution in [-0.2, 0) is 14.0 Å². The minimum absolute atomic E-state index is 0.00973. The van der Waals surface area contributed by atoms with Gasteiger partial charge in [-0.1, -0.05) is 52.5 Å². The van der Waals surface area contributed by atoms with Crippen LogP contribution in [0, 0.1) is 17.6 Å². The molecule has 1 aliphatic heterocycles. The minimum atomic E-state index is -2.23. The van der Waals surface area contributed by atoms with Crippen molar-refractivity contribution in [1.82, 2.24) is 0 Å². The van der Waals surface area contributed by atoms with E-state index in [4.69, 9.17) is 13.9 Å². The molecule has 1 heterocycles. The van der Waals surface area contributed by atoms with Crippen LogP contribution < -0.4 is 9.64 Å². The van der Waals surface area contributed by atoms with Crippen LogP contribution in [0.3, 0.4) is 0 Å². The molecule has 0 radical (unpaired) electrons. The van der Waals surface area contributed by atoms with Gasteiger partial charge in [0, 0.05) is 32.0 Å². The van der Waals surface area contributed by atoms with Crippen molar-refractivity contribution >= 4 is 28.0 Å². The van der Waals surface area contributed by atoms with Crippen LogP contribution in [0.25, 0.3) is 0 Å². The zero-order chi connectivity index (χ0) is 33.9. The molecule has 1 aliphatic rings. The molecule has 6 nitrogen and oxygen atoms in total. The Hall–Kier alpha value is -3.06. The summed E-state index contributed by atoms with van der Waals surface area (Å²) in [5, 5.41) is 10.3. The number of phenols is 1. The summed E-state index contributed by atoms with van der Waals surface area (Å²) >= 11 is 0. The molecule has 1 amide bonds. The summed E-state index contributed by atoms with van der Waals surface area (Å²) in [6.07, 6.45) is 0.700. The number of hydrogen-bond acceptors (Lipinski definition) is 5. The molecule has 0 aliphatic carbocycles. The normalized spacial score (nSPS) is 18.0. The van der Waals surface area contributed by atoms with Crippen molar-refractivity contribution in [2.24, 2.45) is 5.92 Å². The molecule has 1 fully saturated rings. The molecular weight excluding hydrogens is 621 g/mol. The van der Waals surface area contributed by atoms with Gasteiger partial charge in [0.05, 0.1) is 18.1 Å². The lowest BCUT2D eigenvalue weighted by Gasteiger charge is -2.48. The number of carbonyl (C=O) groups is 1. The molecule has 3 aromatic carbocycles. The Morgan fingerprint density at radius 2 is 1.52 bits per heavy atom. The topological polar surface area (TPSA) is 68.2 Å². The van der Waals surface area contributed by atoms with Crippen LogP contribution >= 0.6 is 0 Å². The van der Waals surface area contributed by atoms with E-state index in [2.05, 4.69) is 53.5 Å². The molecule has 46 heavy (non-hydrogen) atoms. The number of β-lactam (4-membered cyclic amide) rings is 1. The Labute approximate surface area is 274 Å². The van der Waals surface area contributed by atoms with Crippen molar-refractivity contribution in [3.8, 4) is 11.5 Å². The standard InChI is InChI=1S/C36H49F2NO5Si2/c1-36(2,3)46(7,8)44-32(25-9-11-26(37)12-10-25)20-19-31-34(39(35(31)41)28-15-13-27(38)14-16-28)30-18-17-29(40)23-33(30)43-24-42-21-22-45(4,5)6/h9-18,23,31-32,34,40H,19-22,24H2,1-8H3. The first-order chi connectivity index (χ1) is 21.5. The van der Waals surface area contributed by atoms with Gasteiger partial charge in [-0.2, -0.15) is 0 Å². The molecule has 4 rings (SSSR count). The Bertz CT molecular complexity index is 1470. The lowest BCUT2D eigenvalue weighted by molar-refractivity contribution is -0.131. The Morgan fingerprint density at radius 3 is 2.11 bits per heavy atom. The monoisotopic (exact) mass is 669 g/mol. The number of anilines is 1. The molecule has 10 heteroatoms. The van der Waals surface area contributed by atoms with Crippen LogP contribution in [0.4, 0.5) is 14.5 Å². The van der Waals surface area contributed by atoms with Gasteiger partial charge >= 0.3 is 0 Å². The first-order valence-corrected chi connectivity index (χ1v) is 22.6. The Balaban J connectivity index is 1.63. The van der Waals surface area contributed by atoms with E-state index in [1.54, 1.807) is 47.4 Å². The maximum atomic E-state index is 13.9. The maximum absolute atomic E-state index is 13.9. The van der Waals surface area contributed by atoms with Crippen LogP contribution in [0.5, 0.6) is 11.5 Å². The fraction of sp³-hybridized carbons (Fsp3) is 0.472. The SMILES string of the molecule is CC(C)(C)[Si](C)(C)OC(CCC1C(=O)N(c2ccc(F)cc2)C1c1ccc(O)cc1OCOCC[Si](C)(C)C)c1ccc(F)cc1. The van der Waals surface area contributed by atoms with Gasteiger partial charge < -0.3 is 23.9 Å². The van der Waals surface area contributed by atoms with Crippen molar-refractivity contribution in [2.75, 3.05) is 18.3 Å². The summed E-state index contributed by atoms with van der Waals surface area (Å²) in [5.41, 5.74) is 2.17. The van der Waals surface area contributed by atoms with Gasteiger partial charge in [0.1, 0.15) is 23.1 Å². The highest BCUT2D eigenvalue weighted by Crippen LogP contribution is 2.50. The van der Waals surface area contributed by atoms with E-state index in [-0.39, 0.29) is 41.2 Å². The van der Waals surface area contributed by atoms with E-state index in [0.717, 1.165) is 17.2 Å². The molecule has 0 spiro atoms. The minimum Gasteiger partial charge on any atom is -0.508 e. The molecule has 0 bridgehead atoms. The first-order valence-electron chi connectivity index (χ1n) is 16.0. The van der Waals surface area contributed by atoms with Crippen LogP contribution in [0.2, 0.25) is 43.8 Å². The average Bonchev–Trinajstić information content (AvgIpc) is 2.96. The fourth-order valence-electron chi connectivity index (χ4n) is 5.34. The van der Waals surface area contributed by atoms with Gasteiger partial charge in [0.15, 0.2) is 15.1 Å². The molecule has 3 atom stereocenters. The zero-order valence-corrected chi connectivity index (χ0v) is 30.4. The third-order valence-electron chi connectivity index (χ3n) is 9.15. The zero-order valence-electron chi connectivity index (χ0n) is 28.4. The second-order valence-corrected chi connectivity index (χ2v) is 25.3. The van der Waals surface area contributed by atoms with Crippen LogP contribution in [-0.4, -0.2) is 40.8 Å². The molecule has 0 saturated carbocycles. The summed E-state index contributed by atoms with van der Waals surface area (Å²) in [6.45, 7) is 18.3. The first kappa shape index (κ1) is 35.8. The highest BCUT2D eigenvalue weighted by atomic mass is 28.4. The second-order valence-electron chi connectivity index (χ2n) is 14.9. The van der Waals surface area contributed by atoms with Crippen molar-refractivity contribution in [2.45, 2.75) is 89.6 Å². The molecule has 1 saturated heterocycles. The Kier molecular flexibility index (Phi) is 11.2.